The van der Waals surface area contributed by atoms with Crippen molar-refractivity contribution in [3.63, 3.8) is 0 Å². The molecule has 1 atom stereocenters. The summed E-state index contributed by atoms with van der Waals surface area (Å²) in [5.74, 6) is -0.447. The van der Waals surface area contributed by atoms with Crippen LogP contribution < -0.4 is 5.56 Å². The van der Waals surface area contributed by atoms with E-state index in [1.54, 1.807) is 13.0 Å². The summed E-state index contributed by atoms with van der Waals surface area (Å²) in [5.41, 5.74) is 0.219. The van der Waals surface area contributed by atoms with Crippen LogP contribution in [0.4, 0.5) is 0 Å². The van der Waals surface area contributed by atoms with E-state index in [0.29, 0.717) is 12.1 Å². The van der Waals surface area contributed by atoms with Crippen LogP contribution in [0.15, 0.2) is 29.6 Å². The number of aryl methyl sites for hydroxylation is 1. The summed E-state index contributed by atoms with van der Waals surface area (Å²) >= 11 is 0. The molecule has 7 heteroatoms. The Bertz CT molecular complexity index is 721. The average Bonchev–Trinajstić information content (AvgIpc) is 2.75. The molecule has 1 aromatic rings. The van der Waals surface area contributed by atoms with Gasteiger partial charge >= 0.3 is 0 Å². The molecule has 0 bridgehead atoms. The molecule has 21 heavy (non-hydrogen) atoms. The zero-order chi connectivity index (χ0) is 15.6. The first-order valence-electron chi connectivity index (χ1n) is 6.66. The van der Waals surface area contributed by atoms with Crippen molar-refractivity contribution in [3.8, 4) is 0 Å². The molecule has 2 heterocycles. The van der Waals surface area contributed by atoms with Crippen LogP contribution in [0.1, 0.15) is 22.5 Å². The van der Waals surface area contributed by atoms with E-state index in [9.17, 15) is 18.0 Å². The van der Waals surface area contributed by atoms with Gasteiger partial charge in [0.2, 0.25) is 0 Å². The lowest BCUT2D eigenvalue weighted by atomic mass is 10.1. The first-order chi connectivity index (χ1) is 9.84. The summed E-state index contributed by atoms with van der Waals surface area (Å²) in [7, 11) is -3.11. The highest BCUT2D eigenvalue weighted by molar-refractivity contribution is 7.91. The summed E-state index contributed by atoms with van der Waals surface area (Å²) in [5, 5.41) is 0. The van der Waals surface area contributed by atoms with Crippen molar-refractivity contribution < 1.29 is 13.2 Å². The van der Waals surface area contributed by atoms with Crippen LogP contribution in [0.5, 0.6) is 0 Å². The number of hydrogen-bond acceptors (Lipinski definition) is 4. The summed E-state index contributed by atoms with van der Waals surface area (Å²) in [4.78, 5) is 28.4. The summed E-state index contributed by atoms with van der Waals surface area (Å²) < 4.78 is 23.2. The highest BCUT2D eigenvalue weighted by Crippen LogP contribution is 2.19. The van der Waals surface area contributed by atoms with Crippen LogP contribution in [0.2, 0.25) is 0 Å². The molecule has 0 radical (unpaired) electrons. The number of sulfone groups is 1. The molecule has 0 aromatic carbocycles. The molecule has 0 saturated carbocycles. The van der Waals surface area contributed by atoms with Crippen LogP contribution in [0, 0.1) is 6.92 Å². The minimum atomic E-state index is -3.11. The van der Waals surface area contributed by atoms with Gasteiger partial charge in [0, 0.05) is 18.3 Å². The van der Waals surface area contributed by atoms with Gasteiger partial charge in [0.15, 0.2) is 9.84 Å². The molecule has 1 saturated heterocycles. The number of rotatable bonds is 4. The molecule has 2 rings (SSSR count). The Morgan fingerprint density at radius 1 is 1.52 bits per heavy atom. The number of nitrogens with zero attached hydrogens (tertiary/aromatic N) is 1. The second-order valence-electron chi connectivity index (χ2n) is 5.19. The molecule has 1 aliphatic rings. The van der Waals surface area contributed by atoms with E-state index in [2.05, 4.69) is 11.6 Å². The number of carbonyl (C=O) groups is 1. The van der Waals surface area contributed by atoms with Crippen molar-refractivity contribution in [3.05, 3.63) is 46.4 Å². The second kappa shape index (κ2) is 5.85. The average molecular weight is 310 g/mol. The summed E-state index contributed by atoms with van der Waals surface area (Å²) in [6.45, 7) is 5.53. The fourth-order valence-corrected chi connectivity index (χ4v) is 4.18. The maximum Gasteiger partial charge on any atom is 0.260 e. The SMILES string of the molecule is C=CCN(C(=O)c1ccc(C)[nH]c1=O)[C@@H]1CCS(=O)(=O)C1. The van der Waals surface area contributed by atoms with E-state index in [-0.39, 0.29) is 23.6 Å². The molecule has 0 spiro atoms. The van der Waals surface area contributed by atoms with Crippen LogP contribution in [-0.2, 0) is 9.84 Å². The fraction of sp³-hybridized carbons (Fsp3) is 0.429. The lowest BCUT2D eigenvalue weighted by Crippen LogP contribution is -2.43. The highest BCUT2D eigenvalue weighted by Gasteiger charge is 2.35. The number of carbonyl (C=O) groups excluding carboxylic acids is 1. The summed E-state index contributed by atoms with van der Waals surface area (Å²) in [6, 6.07) is 2.71. The Balaban J connectivity index is 2.32. The van der Waals surface area contributed by atoms with Crippen molar-refractivity contribution in [1.82, 2.24) is 9.88 Å². The molecule has 1 fully saturated rings. The number of H-pyrrole nitrogens is 1. The Labute approximate surface area is 123 Å². The number of amides is 1. The molecular weight excluding hydrogens is 292 g/mol. The predicted octanol–water partition coefficient (Wildman–Crippen LogP) is 0.499. The fourth-order valence-electron chi connectivity index (χ4n) is 2.45. The van der Waals surface area contributed by atoms with Gasteiger partial charge in [-0.05, 0) is 25.5 Å². The zero-order valence-electron chi connectivity index (χ0n) is 11.8. The van der Waals surface area contributed by atoms with Crippen molar-refractivity contribution in [2.24, 2.45) is 0 Å². The quantitative estimate of drug-likeness (QED) is 0.820. The van der Waals surface area contributed by atoms with Gasteiger partial charge in [-0.1, -0.05) is 6.08 Å². The third-order valence-electron chi connectivity index (χ3n) is 3.52. The van der Waals surface area contributed by atoms with E-state index >= 15 is 0 Å². The highest BCUT2D eigenvalue weighted by atomic mass is 32.2. The van der Waals surface area contributed by atoms with E-state index in [0.717, 1.165) is 0 Å². The molecule has 1 aromatic heterocycles. The van der Waals surface area contributed by atoms with Crippen molar-refractivity contribution in [2.45, 2.75) is 19.4 Å². The lowest BCUT2D eigenvalue weighted by molar-refractivity contribution is 0.0719. The van der Waals surface area contributed by atoms with Crippen LogP contribution in [-0.4, -0.2) is 48.3 Å². The van der Waals surface area contributed by atoms with Gasteiger partial charge in [-0.25, -0.2) is 8.42 Å². The standard InChI is InChI=1S/C14H18N2O4S/c1-3-7-16(11-6-8-21(19,20)9-11)14(18)12-5-4-10(2)15-13(12)17/h3-5,11H,1,6-9H2,2H3,(H,15,17)/t11-/m1/s1. The number of hydrogen-bond donors (Lipinski definition) is 1. The minimum Gasteiger partial charge on any atom is -0.331 e. The van der Waals surface area contributed by atoms with Gasteiger partial charge < -0.3 is 9.88 Å². The Morgan fingerprint density at radius 3 is 2.76 bits per heavy atom. The van der Waals surface area contributed by atoms with Crippen molar-refractivity contribution >= 4 is 15.7 Å². The molecule has 114 valence electrons. The minimum absolute atomic E-state index is 0.0201. The number of aromatic nitrogens is 1. The van der Waals surface area contributed by atoms with E-state index < -0.39 is 27.3 Å². The Kier molecular flexibility index (Phi) is 4.32. The maximum atomic E-state index is 12.5. The maximum absolute atomic E-state index is 12.5. The first kappa shape index (κ1) is 15.5. The smallest absolute Gasteiger partial charge is 0.260 e. The van der Waals surface area contributed by atoms with Gasteiger partial charge in [0.1, 0.15) is 5.56 Å². The van der Waals surface area contributed by atoms with Crippen LogP contribution in [0.3, 0.4) is 0 Å². The lowest BCUT2D eigenvalue weighted by Gasteiger charge is -2.26. The molecule has 1 N–H and O–H groups in total. The topological polar surface area (TPSA) is 87.3 Å². The third-order valence-corrected chi connectivity index (χ3v) is 5.27. The largest absolute Gasteiger partial charge is 0.331 e. The van der Waals surface area contributed by atoms with Gasteiger partial charge in [-0.15, -0.1) is 6.58 Å². The zero-order valence-corrected chi connectivity index (χ0v) is 12.6. The van der Waals surface area contributed by atoms with Gasteiger partial charge in [-0.3, -0.25) is 9.59 Å². The number of pyridine rings is 1. The van der Waals surface area contributed by atoms with E-state index in [1.807, 2.05) is 0 Å². The molecule has 1 aliphatic heterocycles. The summed E-state index contributed by atoms with van der Waals surface area (Å²) in [6.07, 6.45) is 1.93. The second-order valence-corrected chi connectivity index (χ2v) is 7.42. The molecule has 6 nitrogen and oxygen atoms in total. The first-order valence-corrected chi connectivity index (χ1v) is 8.48. The van der Waals surface area contributed by atoms with Gasteiger partial charge in [0.25, 0.3) is 11.5 Å². The number of nitrogens with one attached hydrogen (secondary N) is 1. The van der Waals surface area contributed by atoms with Crippen LogP contribution >= 0.6 is 0 Å². The van der Waals surface area contributed by atoms with Crippen molar-refractivity contribution in [2.75, 3.05) is 18.1 Å². The normalized spacial score (nSPS) is 20.1. The predicted molar refractivity (Wildman–Crippen MR) is 80.1 cm³/mol. The van der Waals surface area contributed by atoms with E-state index in [4.69, 9.17) is 0 Å². The molecule has 1 amide bonds. The number of aromatic amines is 1. The molecule has 0 unspecified atom stereocenters. The van der Waals surface area contributed by atoms with Gasteiger partial charge in [-0.2, -0.15) is 0 Å². The van der Waals surface area contributed by atoms with Gasteiger partial charge in [0.05, 0.1) is 11.5 Å². The third kappa shape index (κ3) is 3.41. The molecular formula is C14H18N2O4S. The van der Waals surface area contributed by atoms with Crippen molar-refractivity contribution in [1.29, 1.82) is 0 Å². The van der Waals surface area contributed by atoms with Crippen LogP contribution in [0.25, 0.3) is 0 Å². The Hall–Kier alpha value is -1.89. The monoisotopic (exact) mass is 310 g/mol. The Morgan fingerprint density at radius 2 is 2.24 bits per heavy atom. The molecule has 0 aliphatic carbocycles. The van der Waals surface area contributed by atoms with E-state index in [1.165, 1.54) is 17.0 Å².